The van der Waals surface area contributed by atoms with Crippen LogP contribution in [-0.2, 0) is 11.3 Å². The van der Waals surface area contributed by atoms with Gasteiger partial charge in [-0.25, -0.2) is 9.79 Å². The summed E-state index contributed by atoms with van der Waals surface area (Å²) in [5.41, 5.74) is 2.91. The third-order valence-corrected chi connectivity index (χ3v) is 8.24. The Bertz CT molecular complexity index is 1740. The molecule has 4 aromatic rings. The van der Waals surface area contributed by atoms with Gasteiger partial charge in [-0.15, -0.1) is 0 Å². The van der Waals surface area contributed by atoms with E-state index >= 15 is 0 Å². The van der Waals surface area contributed by atoms with Crippen LogP contribution in [0, 0.1) is 0 Å². The van der Waals surface area contributed by atoms with Crippen molar-refractivity contribution in [3.05, 3.63) is 115 Å². The molecule has 38 heavy (non-hydrogen) atoms. The van der Waals surface area contributed by atoms with Gasteiger partial charge < -0.3 is 9.84 Å². The number of ether oxygens (including phenoxy) is 1. The van der Waals surface area contributed by atoms with Crippen LogP contribution in [0.15, 0.2) is 88.6 Å². The number of nitrogens with zero attached hydrogens (tertiary/aromatic N) is 4. The van der Waals surface area contributed by atoms with E-state index in [2.05, 4.69) is 5.43 Å². The highest BCUT2D eigenvalue weighted by Gasteiger charge is 2.69. The van der Waals surface area contributed by atoms with E-state index in [9.17, 15) is 14.7 Å². The molecule has 1 saturated heterocycles. The van der Waals surface area contributed by atoms with Crippen LogP contribution in [-0.4, -0.2) is 46.8 Å². The molecule has 1 fully saturated rings. The zero-order chi connectivity index (χ0) is 26.7. The molecule has 2 atom stereocenters. The van der Waals surface area contributed by atoms with Crippen LogP contribution in [0.25, 0.3) is 6.08 Å². The summed E-state index contributed by atoms with van der Waals surface area (Å²) in [4.78, 5) is 36.2. The fourth-order valence-corrected chi connectivity index (χ4v) is 6.43. The Kier molecular flexibility index (Phi) is 5.32. The maximum absolute atomic E-state index is 13.7. The van der Waals surface area contributed by atoms with Crippen molar-refractivity contribution in [3.8, 4) is 11.5 Å². The standard InChI is InChI=1S/C28H25N5O4S/c1-31-26(36)32(2)28(20-12-8-5-9-13-20)27(31,19-10-6-4-7-11-19)29-25-33(30-28)24(35)23(38-25)17-18-14-15-22(37-3)21(34)16-18/h4-17,30,34H,1-3H3/b23-17+/t27-,28+/m1/s1. The average molecular weight is 528 g/mol. The number of amides is 2. The normalized spacial score (nSPS) is 22.5. The molecule has 0 aliphatic carbocycles. The average Bonchev–Trinajstić information content (AvgIpc) is 3.33. The molecular formula is C28H25N5O4S. The van der Waals surface area contributed by atoms with Crippen LogP contribution in [0.2, 0.25) is 0 Å². The highest BCUT2D eigenvalue weighted by Crippen LogP contribution is 2.53. The van der Waals surface area contributed by atoms with Crippen molar-refractivity contribution in [2.75, 3.05) is 26.6 Å². The number of thiazole rings is 1. The van der Waals surface area contributed by atoms with Gasteiger partial charge in [-0.2, -0.15) is 4.68 Å². The Hall–Kier alpha value is -4.57. The van der Waals surface area contributed by atoms with Crippen molar-refractivity contribution in [1.82, 2.24) is 14.5 Å². The van der Waals surface area contributed by atoms with Crippen LogP contribution in [0.4, 0.5) is 4.79 Å². The molecule has 3 heterocycles. The molecule has 192 valence electrons. The summed E-state index contributed by atoms with van der Waals surface area (Å²) in [6.45, 7) is 0. The number of carbonyl (C=O) groups excluding carboxylic acids is 1. The number of carbonyl (C=O) groups is 1. The smallest absolute Gasteiger partial charge is 0.324 e. The second-order valence-electron chi connectivity index (χ2n) is 9.20. The lowest BCUT2D eigenvalue weighted by Crippen LogP contribution is -2.67. The molecule has 10 heteroatoms. The van der Waals surface area contributed by atoms with E-state index in [1.54, 1.807) is 42.1 Å². The fourth-order valence-electron chi connectivity index (χ4n) is 5.46. The summed E-state index contributed by atoms with van der Waals surface area (Å²) in [6.07, 6.45) is 1.70. The van der Waals surface area contributed by atoms with Crippen molar-refractivity contribution < 1.29 is 14.6 Å². The van der Waals surface area contributed by atoms with E-state index in [1.807, 2.05) is 60.7 Å². The van der Waals surface area contributed by atoms with Gasteiger partial charge in [0.2, 0.25) is 16.1 Å². The van der Waals surface area contributed by atoms with E-state index in [-0.39, 0.29) is 17.3 Å². The molecule has 1 aromatic heterocycles. The van der Waals surface area contributed by atoms with Crippen LogP contribution >= 0.6 is 11.3 Å². The van der Waals surface area contributed by atoms with E-state index in [0.29, 0.717) is 20.6 Å². The first kappa shape index (κ1) is 23.8. The molecule has 0 saturated carbocycles. The lowest BCUT2D eigenvalue weighted by Gasteiger charge is -2.49. The van der Waals surface area contributed by atoms with Crippen LogP contribution < -0.4 is 25.1 Å². The maximum atomic E-state index is 13.7. The second kappa shape index (κ2) is 8.49. The lowest BCUT2D eigenvalue weighted by atomic mass is 9.80. The summed E-state index contributed by atoms with van der Waals surface area (Å²) < 4.78 is 6.96. The van der Waals surface area contributed by atoms with Gasteiger partial charge in [-0.1, -0.05) is 78.1 Å². The van der Waals surface area contributed by atoms with Gasteiger partial charge in [-0.3, -0.25) is 20.0 Å². The van der Waals surface area contributed by atoms with Crippen LogP contribution in [0.3, 0.4) is 0 Å². The molecule has 3 aromatic carbocycles. The summed E-state index contributed by atoms with van der Waals surface area (Å²) >= 11 is 1.21. The Morgan fingerprint density at radius 2 is 1.61 bits per heavy atom. The number of phenols is 1. The van der Waals surface area contributed by atoms with Crippen molar-refractivity contribution in [2.24, 2.45) is 4.99 Å². The monoisotopic (exact) mass is 527 g/mol. The fraction of sp³-hybridized carbons (Fsp3) is 0.179. The van der Waals surface area contributed by atoms with Crippen molar-refractivity contribution in [2.45, 2.75) is 11.3 Å². The molecule has 0 spiro atoms. The van der Waals surface area contributed by atoms with E-state index < -0.39 is 11.3 Å². The molecule has 0 radical (unpaired) electrons. The van der Waals surface area contributed by atoms with Crippen molar-refractivity contribution >= 4 is 23.4 Å². The van der Waals surface area contributed by atoms with Gasteiger partial charge in [0.15, 0.2) is 11.5 Å². The molecule has 9 nitrogen and oxygen atoms in total. The lowest BCUT2D eigenvalue weighted by molar-refractivity contribution is 0.0648. The topological polar surface area (TPSA) is 99.4 Å². The van der Waals surface area contributed by atoms with E-state index in [4.69, 9.17) is 9.73 Å². The number of aromatic nitrogens is 1. The molecule has 2 aliphatic heterocycles. The first-order valence-electron chi connectivity index (χ1n) is 11.9. The number of hydrogen-bond acceptors (Lipinski definition) is 7. The van der Waals surface area contributed by atoms with Gasteiger partial charge in [0.25, 0.3) is 5.56 Å². The zero-order valence-corrected chi connectivity index (χ0v) is 21.8. The number of rotatable bonds is 4. The highest BCUT2D eigenvalue weighted by molar-refractivity contribution is 7.07. The van der Waals surface area contributed by atoms with Gasteiger partial charge in [0.05, 0.1) is 11.6 Å². The SMILES string of the molecule is COc1ccc(/C=c2/sc3n(c2=O)N[C@@]2(c4ccccc4)N(C)C(=O)N(C)[C@@]2(c2ccccc2)N=3)cc1O. The van der Waals surface area contributed by atoms with E-state index in [1.165, 1.54) is 29.2 Å². The largest absolute Gasteiger partial charge is 0.504 e. The third kappa shape index (κ3) is 3.07. The quantitative estimate of drug-likeness (QED) is 0.425. The Morgan fingerprint density at radius 1 is 0.947 bits per heavy atom. The first-order chi connectivity index (χ1) is 18.3. The number of aromatic hydroxyl groups is 1. The number of fused-ring (bicyclic) bond motifs is 2. The molecule has 6 rings (SSSR count). The minimum absolute atomic E-state index is 0.0205. The minimum atomic E-state index is -1.23. The van der Waals surface area contributed by atoms with Crippen molar-refractivity contribution in [3.63, 3.8) is 0 Å². The maximum Gasteiger partial charge on any atom is 0.324 e. The second-order valence-corrected chi connectivity index (χ2v) is 10.2. The minimum Gasteiger partial charge on any atom is -0.504 e. The number of benzene rings is 3. The van der Waals surface area contributed by atoms with Gasteiger partial charge in [0.1, 0.15) is 0 Å². The molecule has 2 aliphatic rings. The van der Waals surface area contributed by atoms with E-state index in [0.717, 1.165) is 11.1 Å². The number of methoxy groups -OCH3 is 1. The van der Waals surface area contributed by atoms with Crippen LogP contribution in [0.1, 0.15) is 16.7 Å². The predicted molar refractivity (Wildman–Crippen MR) is 144 cm³/mol. The summed E-state index contributed by atoms with van der Waals surface area (Å²) in [6, 6.07) is 23.9. The van der Waals surface area contributed by atoms with Gasteiger partial charge >= 0.3 is 6.03 Å². The highest BCUT2D eigenvalue weighted by atomic mass is 32.1. The number of likely N-dealkylation sites (N-methyl/N-ethyl adjacent to an activating group) is 2. The zero-order valence-electron chi connectivity index (χ0n) is 21.0. The molecule has 2 amide bonds. The third-order valence-electron chi connectivity index (χ3n) is 7.27. The van der Waals surface area contributed by atoms with Crippen LogP contribution in [0.5, 0.6) is 11.5 Å². The number of phenolic OH excluding ortho intramolecular Hbond substituents is 1. The Labute approximate surface area is 222 Å². The Balaban J connectivity index is 1.66. The number of urea groups is 1. The summed E-state index contributed by atoms with van der Waals surface area (Å²) in [5, 5.41) is 10.2. The Morgan fingerprint density at radius 3 is 2.24 bits per heavy atom. The van der Waals surface area contributed by atoms with Gasteiger partial charge in [-0.05, 0) is 23.8 Å². The van der Waals surface area contributed by atoms with Gasteiger partial charge in [0, 0.05) is 25.2 Å². The molecule has 0 bridgehead atoms. The molecular weight excluding hydrogens is 502 g/mol. The first-order valence-corrected chi connectivity index (χ1v) is 12.8. The number of nitrogens with one attached hydrogen (secondary N) is 1. The number of hydrogen-bond donors (Lipinski definition) is 2. The summed E-state index contributed by atoms with van der Waals surface area (Å²) in [5.74, 6) is 0.326. The molecule has 0 unspecified atom stereocenters. The predicted octanol–water partition coefficient (Wildman–Crippen LogP) is 2.33. The van der Waals surface area contributed by atoms with Crippen molar-refractivity contribution in [1.29, 1.82) is 0 Å². The molecule has 2 N–H and O–H groups in total. The summed E-state index contributed by atoms with van der Waals surface area (Å²) in [7, 11) is 4.93.